The summed E-state index contributed by atoms with van der Waals surface area (Å²) in [5.41, 5.74) is 0. The van der Waals surface area contributed by atoms with Gasteiger partial charge in [-0.05, 0) is 24.7 Å². The average Bonchev–Trinajstić information content (AvgIpc) is 1.95. The van der Waals surface area contributed by atoms with Gasteiger partial charge in [-0.25, -0.2) is 0 Å². The number of allylic oxidation sites excluding steroid dienone is 1. The Labute approximate surface area is 68.5 Å². The van der Waals surface area contributed by atoms with Crippen molar-refractivity contribution in [2.24, 2.45) is 11.8 Å². The quantitative estimate of drug-likeness (QED) is 0.556. The Morgan fingerprint density at radius 2 is 2.45 bits per heavy atom. The van der Waals surface area contributed by atoms with Crippen LogP contribution in [0.15, 0.2) is 12.7 Å². The van der Waals surface area contributed by atoms with Gasteiger partial charge in [0.1, 0.15) is 5.78 Å². The zero-order valence-corrected chi connectivity index (χ0v) is 7.18. The summed E-state index contributed by atoms with van der Waals surface area (Å²) in [7, 11) is 0. The fourth-order valence-electron chi connectivity index (χ4n) is 1.82. The first-order chi connectivity index (χ1) is 5.24. The maximum atomic E-state index is 11.0. The van der Waals surface area contributed by atoms with Gasteiger partial charge in [-0.3, -0.25) is 4.79 Å². The molecule has 2 unspecified atom stereocenters. The van der Waals surface area contributed by atoms with Crippen molar-refractivity contribution in [1.29, 1.82) is 0 Å². The molecule has 0 saturated heterocycles. The zero-order chi connectivity index (χ0) is 8.27. The molecule has 0 radical (unpaired) electrons. The van der Waals surface area contributed by atoms with Gasteiger partial charge in [0, 0.05) is 12.8 Å². The molecule has 1 fully saturated rings. The number of carbonyl (C=O) groups excluding carboxylic acids is 1. The van der Waals surface area contributed by atoms with E-state index in [0.29, 0.717) is 17.6 Å². The van der Waals surface area contributed by atoms with E-state index in [9.17, 15) is 4.79 Å². The molecular formula is C10H16O. The van der Waals surface area contributed by atoms with Gasteiger partial charge in [0.05, 0.1) is 0 Å². The van der Waals surface area contributed by atoms with Gasteiger partial charge in [-0.1, -0.05) is 13.0 Å². The number of ketones is 1. The SMILES string of the molecule is C=CCC1CCC(=O)CC1C. The molecule has 0 N–H and O–H groups in total. The fraction of sp³-hybridized carbons (Fsp3) is 0.700. The maximum Gasteiger partial charge on any atom is 0.133 e. The summed E-state index contributed by atoms with van der Waals surface area (Å²) >= 11 is 0. The second kappa shape index (κ2) is 3.70. The summed E-state index contributed by atoms with van der Waals surface area (Å²) in [6.45, 7) is 5.90. The predicted molar refractivity (Wildman–Crippen MR) is 46.3 cm³/mol. The summed E-state index contributed by atoms with van der Waals surface area (Å²) in [6.07, 6.45) is 5.71. The third-order valence-electron chi connectivity index (χ3n) is 2.62. The molecule has 11 heavy (non-hydrogen) atoms. The zero-order valence-electron chi connectivity index (χ0n) is 7.18. The van der Waals surface area contributed by atoms with Crippen molar-refractivity contribution in [2.45, 2.75) is 32.6 Å². The van der Waals surface area contributed by atoms with Crippen LogP contribution in [0, 0.1) is 11.8 Å². The van der Waals surface area contributed by atoms with Crippen molar-refractivity contribution in [3.05, 3.63) is 12.7 Å². The molecule has 0 aliphatic heterocycles. The predicted octanol–water partition coefficient (Wildman–Crippen LogP) is 2.57. The summed E-state index contributed by atoms with van der Waals surface area (Å²) in [5.74, 6) is 1.73. The van der Waals surface area contributed by atoms with E-state index in [1.165, 1.54) is 0 Å². The van der Waals surface area contributed by atoms with Crippen LogP contribution in [0.5, 0.6) is 0 Å². The van der Waals surface area contributed by atoms with Gasteiger partial charge < -0.3 is 0 Å². The Hall–Kier alpha value is -0.590. The van der Waals surface area contributed by atoms with Crippen LogP contribution < -0.4 is 0 Å². The topological polar surface area (TPSA) is 17.1 Å². The lowest BCUT2D eigenvalue weighted by molar-refractivity contribution is -0.122. The first-order valence-corrected chi connectivity index (χ1v) is 4.36. The molecule has 1 aliphatic rings. The normalized spacial score (nSPS) is 31.9. The summed E-state index contributed by atoms with van der Waals surface area (Å²) in [5, 5.41) is 0. The molecular weight excluding hydrogens is 136 g/mol. The molecule has 1 nitrogen and oxygen atoms in total. The lowest BCUT2D eigenvalue weighted by atomic mass is 9.78. The van der Waals surface area contributed by atoms with Crippen LogP contribution in [0.2, 0.25) is 0 Å². The Balaban J connectivity index is 2.43. The minimum atomic E-state index is 0.442. The molecule has 1 rings (SSSR count). The average molecular weight is 152 g/mol. The van der Waals surface area contributed by atoms with Crippen LogP contribution in [-0.2, 0) is 4.79 Å². The van der Waals surface area contributed by atoms with Crippen molar-refractivity contribution in [2.75, 3.05) is 0 Å². The molecule has 1 saturated carbocycles. The van der Waals surface area contributed by atoms with Gasteiger partial charge >= 0.3 is 0 Å². The molecule has 0 spiro atoms. The van der Waals surface area contributed by atoms with Crippen LogP contribution >= 0.6 is 0 Å². The van der Waals surface area contributed by atoms with Crippen LogP contribution in [-0.4, -0.2) is 5.78 Å². The Morgan fingerprint density at radius 3 is 3.00 bits per heavy atom. The highest BCUT2D eigenvalue weighted by Crippen LogP contribution is 2.29. The van der Waals surface area contributed by atoms with Crippen LogP contribution in [0.4, 0.5) is 0 Å². The van der Waals surface area contributed by atoms with E-state index < -0.39 is 0 Å². The summed E-state index contributed by atoms with van der Waals surface area (Å²) < 4.78 is 0. The van der Waals surface area contributed by atoms with E-state index in [-0.39, 0.29) is 0 Å². The van der Waals surface area contributed by atoms with Gasteiger partial charge in [-0.15, -0.1) is 6.58 Å². The molecule has 0 aromatic carbocycles. The Kier molecular flexibility index (Phi) is 2.86. The number of hydrogen-bond acceptors (Lipinski definition) is 1. The summed E-state index contributed by atoms with van der Waals surface area (Å²) in [4.78, 5) is 11.0. The van der Waals surface area contributed by atoms with Gasteiger partial charge in [0.2, 0.25) is 0 Å². The minimum Gasteiger partial charge on any atom is -0.300 e. The standard InChI is InChI=1S/C10H16O/c1-3-4-9-5-6-10(11)7-8(9)2/h3,8-9H,1,4-7H2,2H3. The van der Waals surface area contributed by atoms with E-state index in [4.69, 9.17) is 0 Å². The number of rotatable bonds is 2. The second-order valence-electron chi connectivity index (χ2n) is 3.54. The minimum absolute atomic E-state index is 0.442. The van der Waals surface area contributed by atoms with Gasteiger partial charge in [0.15, 0.2) is 0 Å². The molecule has 0 bridgehead atoms. The Bertz CT molecular complexity index is 160. The van der Waals surface area contributed by atoms with Crippen LogP contribution in [0.3, 0.4) is 0 Å². The largest absolute Gasteiger partial charge is 0.300 e. The van der Waals surface area contributed by atoms with Crippen molar-refractivity contribution in [3.63, 3.8) is 0 Å². The molecule has 0 amide bonds. The van der Waals surface area contributed by atoms with Crippen molar-refractivity contribution >= 4 is 5.78 Å². The van der Waals surface area contributed by atoms with E-state index >= 15 is 0 Å². The molecule has 1 heteroatoms. The number of carbonyl (C=O) groups is 1. The highest BCUT2D eigenvalue weighted by atomic mass is 16.1. The highest BCUT2D eigenvalue weighted by Gasteiger charge is 2.24. The van der Waals surface area contributed by atoms with E-state index in [0.717, 1.165) is 25.7 Å². The molecule has 1 aliphatic carbocycles. The van der Waals surface area contributed by atoms with Crippen LogP contribution in [0.1, 0.15) is 32.6 Å². The molecule has 0 aromatic rings. The summed E-state index contributed by atoms with van der Waals surface area (Å²) in [6, 6.07) is 0. The number of hydrogen-bond donors (Lipinski definition) is 0. The van der Waals surface area contributed by atoms with Crippen molar-refractivity contribution < 1.29 is 4.79 Å². The second-order valence-corrected chi connectivity index (χ2v) is 3.54. The van der Waals surface area contributed by atoms with Gasteiger partial charge in [-0.2, -0.15) is 0 Å². The van der Waals surface area contributed by atoms with E-state index in [1.807, 2.05) is 6.08 Å². The third-order valence-corrected chi connectivity index (χ3v) is 2.62. The first kappa shape index (κ1) is 8.51. The Morgan fingerprint density at radius 1 is 1.73 bits per heavy atom. The molecule has 2 atom stereocenters. The van der Waals surface area contributed by atoms with E-state index in [2.05, 4.69) is 13.5 Å². The van der Waals surface area contributed by atoms with Crippen molar-refractivity contribution in [3.8, 4) is 0 Å². The molecule has 62 valence electrons. The highest BCUT2D eigenvalue weighted by molar-refractivity contribution is 5.79. The van der Waals surface area contributed by atoms with Crippen LogP contribution in [0.25, 0.3) is 0 Å². The maximum absolute atomic E-state index is 11.0. The van der Waals surface area contributed by atoms with Crippen molar-refractivity contribution in [1.82, 2.24) is 0 Å². The molecule has 0 aromatic heterocycles. The van der Waals surface area contributed by atoms with E-state index in [1.54, 1.807) is 0 Å². The first-order valence-electron chi connectivity index (χ1n) is 4.36. The third kappa shape index (κ3) is 2.18. The lowest BCUT2D eigenvalue weighted by Gasteiger charge is -2.26. The lowest BCUT2D eigenvalue weighted by Crippen LogP contribution is -2.22. The molecule has 0 heterocycles. The number of Topliss-reactive ketones (excluding diaryl/α,β-unsaturated/α-hetero) is 1. The van der Waals surface area contributed by atoms with Gasteiger partial charge in [0.25, 0.3) is 0 Å². The fourth-order valence-corrected chi connectivity index (χ4v) is 1.82. The smallest absolute Gasteiger partial charge is 0.133 e. The monoisotopic (exact) mass is 152 g/mol.